The number of hydrogen-bond donors (Lipinski definition) is 3. The average Bonchev–Trinajstić information content (AvgIpc) is 2.35. The monoisotopic (exact) mass is 336 g/mol. The summed E-state index contributed by atoms with van der Waals surface area (Å²) in [6.07, 6.45) is 1.12. The van der Waals surface area contributed by atoms with E-state index in [-0.39, 0.29) is 18.6 Å². The molecule has 0 aromatic heterocycles. The molecule has 0 bridgehead atoms. The van der Waals surface area contributed by atoms with Crippen LogP contribution in [0.5, 0.6) is 0 Å². The van der Waals surface area contributed by atoms with Crippen LogP contribution in [0.25, 0.3) is 0 Å². The Morgan fingerprint density at radius 2 is 1.95 bits per heavy atom. The number of amides is 2. The van der Waals surface area contributed by atoms with Crippen LogP contribution in [0.1, 0.15) is 18.6 Å². The van der Waals surface area contributed by atoms with Crippen molar-refractivity contribution in [3.8, 4) is 0 Å². The molecule has 0 spiro atoms. The van der Waals surface area contributed by atoms with Crippen LogP contribution in [0.2, 0.25) is 10.0 Å². The summed E-state index contributed by atoms with van der Waals surface area (Å²) in [7, 11) is 0. The first-order valence-electron chi connectivity index (χ1n) is 6.09. The van der Waals surface area contributed by atoms with Gasteiger partial charge < -0.3 is 15.7 Å². The van der Waals surface area contributed by atoms with Crippen molar-refractivity contribution in [1.29, 1.82) is 0 Å². The first-order valence-corrected chi connectivity index (χ1v) is 8.24. The summed E-state index contributed by atoms with van der Waals surface area (Å²) >= 11 is 13.4. The summed E-state index contributed by atoms with van der Waals surface area (Å²) in [6.45, 7) is 2.01. The van der Waals surface area contributed by atoms with E-state index in [1.807, 2.05) is 13.2 Å². The molecule has 0 saturated heterocycles. The average molecular weight is 337 g/mol. The smallest absolute Gasteiger partial charge is 0.315 e. The highest BCUT2D eigenvalue weighted by Crippen LogP contribution is 2.23. The lowest BCUT2D eigenvalue weighted by molar-refractivity contribution is 0.173. The number of urea groups is 1. The molecule has 0 fully saturated rings. The number of benzene rings is 1. The highest BCUT2D eigenvalue weighted by atomic mass is 35.5. The molecule has 1 aromatic carbocycles. The number of rotatable bonds is 6. The number of nitrogens with one attached hydrogen (secondary N) is 2. The molecule has 2 atom stereocenters. The minimum absolute atomic E-state index is 0.0720. The van der Waals surface area contributed by atoms with Gasteiger partial charge in [0.25, 0.3) is 0 Å². The normalized spacial score (nSPS) is 13.7. The quantitative estimate of drug-likeness (QED) is 0.748. The van der Waals surface area contributed by atoms with E-state index in [2.05, 4.69) is 10.6 Å². The van der Waals surface area contributed by atoms with Crippen LogP contribution < -0.4 is 10.6 Å². The van der Waals surface area contributed by atoms with Crippen molar-refractivity contribution in [3.63, 3.8) is 0 Å². The Labute approximate surface area is 133 Å². The summed E-state index contributed by atoms with van der Waals surface area (Å²) in [5, 5.41) is 16.3. The van der Waals surface area contributed by atoms with Gasteiger partial charge in [-0.1, -0.05) is 23.2 Å². The molecule has 0 radical (unpaired) electrons. The fourth-order valence-corrected chi connectivity index (χ4v) is 2.77. The maximum Gasteiger partial charge on any atom is 0.315 e. The van der Waals surface area contributed by atoms with E-state index >= 15 is 0 Å². The van der Waals surface area contributed by atoms with Crippen LogP contribution in [0.4, 0.5) is 4.79 Å². The third-order valence-corrected chi connectivity index (χ3v) is 3.79. The number of carbonyl (C=O) groups is 1. The standard InChI is InChI=1S/C13H18Cl2N2O2S/c1-8(7-20-2)17-13(19)16-6-12(18)9-3-10(14)5-11(15)4-9/h3-5,8,12,18H,6-7H2,1-2H3,(H2,16,17,19). The maximum absolute atomic E-state index is 11.6. The number of aliphatic hydroxyl groups excluding tert-OH is 1. The molecule has 112 valence electrons. The van der Waals surface area contributed by atoms with E-state index in [9.17, 15) is 9.90 Å². The van der Waals surface area contributed by atoms with Gasteiger partial charge in [0.1, 0.15) is 0 Å². The minimum atomic E-state index is -0.854. The Bertz CT molecular complexity index is 440. The number of aliphatic hydroxyl groups is 1. The fourth-order valence-electron chi connectivity index (χ4n) is 1.64. The van der Waals surface area contributed by atoms with Crippen molar-refractivity contribution in [3.05, 3.63) is 33.8 Å². The van der Waals surface area contributed by atoms with Gasteiger partial charge in [-0.2, -0.15) is 11.8 Å². The highest BCUT2D eigenvalue weighted by Gasteiger charge is 2.12. The van der Waals surface area contributed by atoms with Crippen LogP contribution in [0.3, 0.4) is 0 Å². The van der Waals surface area contributed by atoms with Crippen molar-refractivity contribution in [2.24, 2.45) is 0 Å². The Morgan fingerprint density at radius 1 is 1.35 bits per heavy atom. The fraction of sp³-hybridized carbons (Fsp3) is 0.462. The lowest BCUT2D eigenvalue weighted by Crippen LogP contribution is -2.43. The molecule has 4 nitrogen and oxygen atoms in total. The predicted molar refractivity (Wildman–Crippen MR) is 85.8 cm³/mol. The number of thioether (sulfide) groups is 1. The minimum Gasteiger partial charge on any atom is -0.387 e. The molecule has 3 N–H and O–H groups in total. The number of carbonyl (C=O) groups excluding carboxylic acids is 1. The molecule has 2 amide bonds. The van der Waals surface area contributed by atoms with Crippen LogP contribution in [0, 0.1) is 0 Å². The van der Waals surface area contributed by atoms with Crippen LogP contribution in [-0.4, -0.2) is 35.7 Å². The summed E-state index contributed by atoms with van der Waals surface area (Å²) in [5.74, 6) is 0.833. The van der Waals surface area contributed by atoms with E-state index in [1.54, 1.807) is 30.0 Å². The number of halogens is 2. The second kappa shape index (κ2) is 8.62. The largest absolute Gasteiger partial charge is 0.387 e. The van der Waals surface area contributed by atoms with Gasteiger partial charge in [0.2, 0.25) is 0 Å². The molecule has 7 heteroatoms. The number of hydrogen-bond acceptors (Lipinski definition) is 3. The van der Waals surface area contributed by atoms with Gasteiger partial charge in [0, 0.05) is 28.4 Å². The predicted octanol–water partition coefficient (Wildman–Crippen LogP) is 3.08. The van der Waals surface area contributed by atoms with Gasteiger partial charge in [-0.25, -0.2) is 4.79 Å². The second-order valence-corrected chi connectivity index (χ2v) is 6.21. The summed E-state index contributed by atoms with van der Waals surface area (Å²) in [4.78, 5) is 11.6. The van der Waals surface area contributed by atoms with Crippen LogP contribution in [-0.2, 0) is 0 Å². The first kappa shape index (κ1) is 17.4. The Kier molecular flexibility index (Phi) is 7.51. The molecule has 0 saturated carbocycles. The van der Waals surface area contributed by atoms with Crippen molar-refractivity contribution < 1.29 is 9.90 Å². The third kappa shape index (κ3) is 6.22. The van der Waals surface area contributed by atoms with Crippen molar-refractivity contribution in [2.75, 3.05) is 18.6 Å². The molecule has 0 heterocycles. The Morgan fingerprint density at radius 3 is 2.50 bits per heavy atom. The van der Waals surface area contributed by atoms with E-state index in [4.69, 9.17) is 23.2 Å². The molecule has 20 heavy (non-hydrogen) atoms. The highest BCUT2D eigenvalue weighted by molar-refractivity contribution is 7.98. The van der Waals surface area contributed by atoms with Crippen molar-refractivity contribution >= 4 is 41.0 Å². The van der Waals surface area contributed by atoms with Gasteiger partial charge >= 0.3 is 6.03 Å². The van der Waals surface area contributed by atoms with E-state index < -0.39 is 6.10 Å². The lowest BCUT2D eigenvalue weighted by atomic mass is 10.1. The van der Waals surface area contributed by atoms with Gasteiger partial charge in [0.15, 0.2) is 0 Å². The second-order valence-electron chi connectivity index (χ2n) is 4.43. The van der Waals surface area contributed by atoms with E-state index in [0.29, 0.717) is 15.6 Å². The van der Waals surface area contributed by atoms with E-state index in [0.717, 1.165) is 5.75 Å². The molecule has 1 aromatic rings. The maximum atomic E-state index is 11.6. The molecule has 2 unspecified atom stereocenters. The van der Waals surface area contributed by atoms with Crippen molar-refractivity contribution in [1.82, 2.24) is 10.6 Å². The molecular formula is C13H18Cl2N2O2S. The van der Waals surface area contributed by atoms with Crippen molar-refractivity contribution in [2.45, 2.75) is 19.1 Å². The van der Waals surface area contributed by atoms with Crippen LogP contribution >= 0.6 is 35.0 Å². The zero-order valence-electron chi connectivity index (χ0n) is 11.3. The molecule has 0 aliphatic carbocycles. The van der Waals surface area contributed by atoms with Crippen LogP contribution in [0.15, 0.2) is 18.2 Å². The summed E-state index contributed by atoms with van der Waals surface area (Å²) in [5.41, 5.74) is 0.569. The van der Waals surface area contributed by atoms with Gasteiger partial charge in [-0.05, 0) is 36.9 Å². The van der Waals surface area contributed by atoms with Gasteiger partial charge in [-0.15, -0.1) is 0 Å². The first-order chi connectivity index (χ1) is 9.42. The Hall–Kier alpha value is -0.620. The molecule has 0 aliphatic rings. The zero-order valence-corrected chi connectivity index (χ0v) is 13.6. The van der Waals surface area contributed by atoms with E-state index in [1.165, 1.54) is 0 Å². The summed E-state index contributed by atoms with van der Waals surface area (Å²) in [6, 6.07) is 4.59. The SMILES string of the molecule is CSCC(C)NC(=O)NCC(O)c1cc(Cl)cc(Cl)c1. The van der Waals surface area contributed by atoms with Gasteiger partial charge in [-0.3, -0.25) is 0 Å². The molecular weight excluding hydrogens is 319 g/mol. The molecule has 0 aliphatic heterocycles. The summed E-state index contributed by atoms with van der Waals surface area (Å²) < 4.78 is 0. The zero-order chi connectivity index (χ0) is 15.1. The lowest BCUT2D eigenvalue weighted by Gasteiger charge is -2.16. The van der Waals surface area contributed by atoms with Gasteiger partial charge in [0.05, 0.1) is 6.10 Å². The molecule has 1 rings (SSSR count). The third-order valence-electron chi connectivity index (χ3n) is 2.52. The Balaban J connectivity index is 2.46. The topological polar surface area (TPSA) is 61.4 Å².